The Morgan fingerprint density at radius 1 is 1.14 bits per heavy atom. The van der Waals surface area contributed by atoms with Crippen LogP contribution in [0.4, 0.5) is 9.18 Å². The first kappa shape index (κ1) is 31.5. The maximum atomic E-state index is 17.5. The van der Waals surface area contributed by atoms with Crippen molar-refractivity contribution < 1.29 is 57.5 Å². The van der Waals surface area contributed by atoms with Crippen LogP contribution in [0.15, 0.2) is 23.8 Å². The quantitative estimate of drug-likeness (QED) is 0.166. The van der Waals surface area contributed by atoms with Crippen LogP contribution >= 0.6 is 0 Å². The molecule has 0 aromatic heterocycles. The Morgan fingerprint density at radius 3 is 2.58 bits per heavy atom. The molecule has 1 unspecified atom stereocenters. The summed E-state index contributed by atoms with van der Waals surface area (Å²) in [4.78, 5) is 52.6. The highest BCUT2D eigenvalue weighted by molar-refractivity contribution is 6.01. The first-order valence-electron chi connectivity index (χ1n) is 14.5. The summed E-state index contributed by atoms with van der Waals surface area (Å²) in [5.74, 6) is -3.03. The van der Waals surface area contributed by atoms with Crippen molar-refractivity contribution in [3.8, 4) is 0 Å². The van der Waals surface area contributed by atoms with Crippen LogP contribution in [0.5, 0.6) is 0 Å². The molecule has 1 heterocycles. The molecular weight excluding hydrogens is 573 g/mol. The molecule has 0 bridgehead atoms. The Hall–Kier alpha value is -2.94. The lowest BCUT2D eigenvalue weighted by molar-refractivity contribution is -0.758. The summed E-state index contributed by atoms with van der Waals surface area (Å²) in [6.07, 6.45) is 2.04. The number of hydrogen-bond donors (Lipinski definition) is 1. The molecule has 13 nitrogen and oxygen atoms in total. The molecule has 5 aliphatic rings. The van der Waals surface area contributed by atoms with Crippen molar-refractivity contribution in [3.05, 3.63) is 33.9 Å². The van der Waals surface area contributed by atoms with Crippen LogP contribution in [0.3, 0.4) is 0 Å². The summed E-state index contributed by atoms with van der Waals surface area (Å²) in [6, 6.07) is 0. The van der Waals surface area contributed by atoms with Gasteiger partial charge in [-0.2, -0.15) is 0 Å². The van der Waals surface area contributed by atoms with Gasteiger partial charge in [-0.15, -0.1) is 10.1 Å². The van der Waals surface area contributed by atoms with Gasteiger partial charge >= 0.3 is 6.16 Å². The van der Waals surface area contributed by atoms with Crippen LogP contribution in [0, 0.1) is 32.8 Å². The fourth-order valence-corrected chi connectivity index (χ4v) is 8.54. The predicted molar refractivity (Wildman–Crippen MR) is 143 cm³/mol. The van der Waals surface area contributed by atoms with Crippen molar-refractivity contribution >= 4 is 17.7 Å². The monoisotopic (exact) mass is 611 g/mol. The number of Topliss-reactive ketones (excluding diaryl/α,β-unsaturated/α-hetero) is 1. The first-order chi connectivity index (χ1) is 20.1. The number of rotatable bonds is 10. The molecule has 14 heteroatoms. The number of ketones is 2. The number of fused-ring (bicyclic) bond motifs is 7. The number of aliphatic hydroxyl groups is 1. The SMILES string of the molecule is CC1(C)O[C@@H]2C[C@H]3C4CCC5=CC(=O)C=C[C@]5(C)[C@@]4(F)[C@@H](O)C[C@]3(C)[C@]2(C(=O)COC(=O)OCCOCCO[N+](=O)[O-])O1. The maximum Gasteiger partial charge on any atom is 0.508 e. The number of nitrogens with zero attached hydrogens (tertiary/aromatic N) is 1. The molecule has 0 amide bonds. The van der Waals surface area contributed by atoms with E-state index in [0.717, 1.165) is 0 Å². The van der Waals surface area contributed by atoms with Gasteiger partial charge in [-0.05, 0) is 64.5 Å². The normalized spacial score (nSPS) is 40.4. The molecule has 5 rings (SSSR count). The predicted octanol–water partition coefficient (Wildman–Crippen LogP) is 2.80. The molecule has 0 radical (unpaired) electrons. The molecule has 4 fully saturated rings. The van der Waals surface area contributed by atoms with Crippen LogP contribution in [0.1, 0.15) is 53.4 Å². The highest BCUT2D eigenvalue weighted by Crippen LogP contribution is 2.72. The lowest BCUT2D eigenvalue weighted by atomic mass is 9.44. The van der Waals surface area contributed by atoms with Crippen molar-refractivity contribution in [3.63, 3.8) is 0 Å². The van der Waals surface area contributed by atoms with Gasteiger partial charge in [-0.1, -0.05) is 18.6 Å². The third-order valence-corrected chi connectivity index (χ3v) is 10.2. The van der Waals surface area contributed by atoms with Crippen LogP contribution in [-0.2, 0) is 38.1 Å². The lowest BCUT2D eigenvalue weighted by Gasteiger charge is -2.62. The summed E-state index contributed by atoms with van der Waals surface area (Å²) in [7, 11) is 0. The largest absolute Gasteiger partial charge is 0.508 e. The number of allylic oxidation sites excluding steroid dienone is 4. The average molecular weight is 612 g/mol. The molecule has 43 heavy (non-hydrogen) atoms. The third kappa shape index (κ3) is 4.86. The summed E-state index contributed by atoms with van der Waals surface area (Å²) in [6.45, 7) is 5.50. The van der Waals surface area contributed by atoms with Crippen LogP contribution in [0.25, 0.3) is 0 Å². The van der Waals surface area contributed by atoms with Crippen LogP contribution in [-0.4, -0.2) is 90.2 Å². The number of ether oxygens (including phenoxy) is 5. The molecule has 3 saturated carbocycles. The van der Waals surface area contributed by atoms with Gasteiger partial charge in [-0.25, -0.2) is 9.18 Å². The standard InChI is InChI=1S/C29H38FNO12/c1-25(2)42-23-14-20-19-6-5-17-13-18(32)7-8-26(17,3)28(19,30)21(33)15-27(20,4)29(23,43-25)22(34)16-40-24(35)39-11-9-38-10-12-41-31(36)37/h7-8,13,19-21,23,33H,5-6,9-12,14-16H2,1-4H3/t19?,20-,21-,23+,26-,27-,28-,29+/m0/s1. The Bertz CT molecular complexity index is 1250. The molecule has 8 atom stereocenters. The first-order valence-corrected chi connectivity index (χ1v) is 14.5. The fourth-order valence-electron chi connectivity index (χ4n) is 8.54. The Balaban J connectivity index is 1.31. The minimum absolute atomic E-state index is 0.0789. The van der Waals surface area contributed by atoms with Crippen molar-refractivity contribution in [2.75, 3.05) is 33.0 Å². The zero-order valence-corrected chi connectivity index (χ0v) is 24.7. The number of carbonyl (C=O) groups is 3. The van der Waals surface area contributed by atoms with Gasteiger partial charge < -0.3 is 33.6 Å². The van der Waals surface area contributed by atoms with E-state index < -0.39 is 75.6 Å². The number of carbonyl (C=O) groups excluding carboxylic acids is 3. The number of halogens is 1. The average Bonchev–Trinajstić information content (AvgIpc) is 3.33. The molecule has 0 aromatic carbocycles. The second-order valence-corrected chi connectivity index (χ2v) is 12.8. The third-order valence-electron chi connectivity index (χ3n) is 10.2. The van der Waals surface area contributed by atoms with E-state index in [0.29, 0.717) is 24.8 Å². The zero-order chi connectivity index (χ0) is 31.4. The Labute approximate surface area is 247 Å². The van der Waals surface area contributed by atoms with Crippen molar-refractivity contribution in [2.24, 2.45) is 22.7 Å². The highest BCUT2D eigenvalue weighted by Gasteiger charge is 2.80. The van der Waals surface area contributed by atoms with E-state index in [1.165, 1.54) is 12.2 Å². The van der Waals surface area contributed by atoms with Gasteiger partial charge in [-0.3, -0.25) is 9.59 Å². The molecule has 1 aliphatic heterocycles. The number of hydrogen-bond acceptors (Lipinski definition) is 12. The van der Waals surface area contributed by atoms with Gasteiger partial charge in [0.05, 0.1) is 25.4 Å². The summed E-state index contributed by atoms with van der Waals surface area (Å²) < 4.78 is 45.2. The fraction of sp³-hybridized carbons (Fsp3) is 0.759. The summed E-state index contributed by atoms with van der Waals surface area (Å²) in [5, 5.41) is 20.8. The van der Waals surface area contributed by atoms with Crippen molar-refractivity contribution in [1.82, 2.24) is 0 Å². The second kappa shape index (κ2) is 10.9. The molecule has 0 aromatic rings. The van der Waals surface area contributed by atoms with Crippen molar-refractivity contribution in [2.45, 2.75) is 82.6 Å². The minimum atomic E-state index is -2.09. The Kier molecular flexibility index (Phi) is 7.98. The smallest absolute Gasteiger partial charge is 0.432 e. The van der Waals surface area contributed by atoms with E-state index in [1.807, 2.05) is 6.92 Å². The van der Waals surface area contributed by atoms with Crippen LogP contribution < -0.4 is 0 Å². The van der Waals surface area contributed by atoms with E-state index in [4.69, 9.17) is 23.7 Å². The van der Waals surface area contributed by atoms with E-state index in [-0.39, 0.29) is 38.6 Å². The molecule has 238 valence electrons. The topological polar surface area (TPSA) is 170 Å². The lowest BCUT2D eigenvalue weighted by Crippen LogP contribution is -2.70. The van der Waals surface area contributed by atoms with E-state index in [9.17, 15) is 29.6 Å². The zero-order valence-electron chi connectivity index (χ0n) is 24.7. The number of alkyl halides is 1. The van der Waals surface area contributed by atoms with E-state index in [1.54, 1.807) is 26.8 Å². The Morgan fingerprint density at radius 2 is 1.86 bits per heavy atom. The maximum absolute atomic E-state index is 17.5. The molecular formula is C29H38FNO12. The van der Waals surface area contributed by atoms with E-state index >= 15 is 4.39 Å². The van der Waals surface area contributed by atoms with Gasteiger partial charge in [0, 0.05) is 16.7 Å². The van der Waals surface area contributed by atoms with Gasteiger partial charge in [0.25, 0.3) is 5.09 Å². The minimum Gasteiger partial charge on any atom is -0.432 e. The molecule has 1 N–H and O–H groups in total. The highest BCUT2D eigenvalue weighted by atomic mass is 19.1. The van der Waals surface area contributed by atoms with Gasteiger partial charge in [0.2, 0.25) is 5.78 Å². The summed E-state index contributed by atoms with van der Waals surface area (Å²) in [5.41, 5.74) is -5.31. The van der Waals surface area contributed by atoms with Gasteiger partial charge in [0.15, 0.2) is 29.4 Å². The van der Waals surface area contributed by atoms with E-state index in [2.05, 4.69) is 4.84 Å². The molecule has 4 aliphatic carbocycles. The van der Waals surface area contributed by atoms with Gasteiger partial charge in [0.1, 0.15) is 13.2 Å². The van der Waals surface area contributed by atoms with Crippen LogP contribution in [0.2, 0.25) is 0 Å². The molecule has 0 spiro atoms. The summed E-state index contributed by atoms with van der Waals surface area (Å²) >= 11 is 0. The molecule has 1 saturated heterocycles. The number of aliphatic hydroxyl groups excluding tert-OH is 1. The second-order valence-electron chi connectivity index (χ2n) is 12.8. The van der Waals surface area contributed by atoms with Crippen molar-refractivity contribution in [1.29, 1.82) is 0 Å².